The van der Waals surface area contributed by atoms with E-state index in [1.807, 2.05) is 0 Å². The summed E-state index contributed by atoms with van der Waals surface area (Å²) in [5.74, 6) is 0.409. The summed E-state index contributed by atoms with van der Waals surface area (Å²) in [5, 5.41) is 0. The Morgan fingerprint density at radius 2 is 1.78 bits per heavy atom. The van der Waals surface area contributed by atoms with Gasteiger partial charge in [-0.3, -0.25) is 4.79 Å². The van der Waals surface area contributed by atoms with E-state index in [0.717, 1.165) is 44.1 Å². The Kier molecular flexibility index (Phi) is 4.74. The fourth-order valence-corrected chi connectivity index (χ4v) is 2.76. The number of carbonyl (C=O) groups excluding carboxylic acids is 1. The van der Waals surface area contributed by atoms with E-state index in [1.165, 1.54) is 17.6 Å². The first-order valence-electron chi connectivity index (χ1n) is 7.09. The number of rotatable bonds is 6. The lowest BCUT2D eigenvalue weighted by Crippen LogP contribution is -1.96. The van der Waals surface area contributed by atoms with Crippen LogP contribution in [-0.2, 0) is 11.2 Å². The van der Waals surface area contributed by atoms with Crippen molar-refractivity contribution in [2.24, 2.45) is 0 Å². The van der Waals surface area contributed by atoms with E-state index in [2.05, 4.69) is 37.3 Å². The van der Waals surface area contributed by atoms with Crippen molar-refractivity contribution >= 4 is 5.78 Å². The summed E-state index contributed by atoms with van der Waals surface area (Å²) < 4.78 is 0. The van der Waals surface area contributed by atoms with E-state index in [-0.39, 0.29) is 0 Å². The van der Waals surface area contributed by atoms with Gasteiger partial charge in [0.2, 0.25) is 0 Å². The first kappa shape index (κ1) is 13.1. The van der Waals surface area contributed by atoms with Crippen molar-refractivity contribution in [1.82, 2.24) is 0 Å². The molecule has 1 aromatic carbocycles. The molecule has 0 fully saturated rings. The SMILES string of the molecule is CCCC1=C(CCCc2ccccc2)CCC1=O. The predicted octanol–water partition coefficient (Wildman–Crippen LogP) is 4.47. The third kappa shape index (κ3) is 3.32. The summed E-state index contributed by atoms with van der Waals surface area (Å²) in [6, 6.07) is 10.6. The first-order chi connectivity index (χ1) is 8.81. The van der Waals surface area contributed by atoms with Crippen LogP contribution >= 0.6 is 0 Å². The molecule has 0 aliphatic heterocycles. The molecule has 0 bridgehead atoms. The van der Waals surface area contributed by atoms with Gasteiger partial charge >= 0.3 is 0 Å². The zero-order valence-electron chi connectivity index (χ0n) is 11.2. The summed E-state index contributed by atoms with van der Waals surface area (Å²) in [5.41, 5.74) is 4.00. The maximum absolute atomic E-state index is 11.7. The molecule has 0 saturated carbocycles. The Morgan fingerprint density at radius 1 is 1.00 bits per heavy atom. The summed E-state index contributed by atoms with van der Waals surface area (Å²) in [7, 11) is 0. The van der Waals surface area contributed by atoms with Crippen LogP contribution in [0.3, 0.4) is 0 Å². The molecule has 1 heteroatoms. The number of aryl methyl sites for hydroxylation is 1. The summed E-state index contributed by atoms with van der Waals surface area (Å²) in [6.07, 6.45) is 7.25. The Labute approximate surface area is 110 Å². The number of ketones is 1. The molecule has 0 aromatic heterocycles. The van der Waals surface area contributed by atoms with Gasteiger partial charge in [-0.1, -0.05) is 49.2 Å². The minimum Gasteiger partial charge on any atom is -0.295 e. The van der Waals surface area contributed by atoms with Gasteiger partial charge in [-0.2, -0.15) is 0 Å². The van der Waals surface area contributed by atoms with Crippen LogP contribution in [0, 0.1) is 0 Å². The Hall–Kier alpha value is -1.37. The molecule has 0 amide bonds. The van der Waals surface area contributed by atoms with Crippen LogP contribution in [0.4, 0.5) is 0 Å². The minimum atomic E-state index is 0.409. The molecule has 1 aromatic rings. The van der Waals surface area contributed by atoms with Gasteiger partial charge in [0.25, 0.3) is 0 Å². The molecule has 0 spiro atoms. The second-order valence-corrected chi connectivity index (χ2v) is 5.09. The van der Waals surface area contributed by atoms with Crippen LogP contribution in [0.1, 0.15) is 51.0 Å². The maximum atomic E-state index is 11.7. The van der Waals surface area contributed by atoms with Crippen LogP contribution in [0.25, 0.3) is 0 Å². The summed E-state index contributed by atoms with van der Waals surface area (Å²) >= 11 is 0. The average molecular weight is 242 g/mol. The predicted molar refractivity (Wildman–Crippen MR) is 75.6 cm³/mol. The number of hydrogen-bond donors (Lipinski definition) is 0. The number of Topliss-reactive ketones (excluding diaryl/α,β-unsaturated/α-hetero) is 1. The van der Waals surface area contributed by atoms with Gasteiger partial charge in [0.1, 0.15) is 0 Å². The molecule has 0 saturated heterocycles. The molecule has 0 radical (unpaired) electrons. The normalized spacial score (nSPS) is 15.5. The highest BCUT2D eigenvalue weighted by Gasteiger charge is 2.21. The van der Waals surface area contributed by atoms with E-state index in [4.69, 9.17) is 0 Å². The molecule has 2 rings (SSSR count). The zero-order valence-corrected chi connectivity index (χ0v) is 11.2. The molecule has 18 heavy (non-hydrogen) atoms. The van der Waals surface area contributed by atoms with Crippen molar-refractivity contribution in [3.05, 3.63) is 47.0 Å². The molecule has 96 valence electrons. The molecule has 1 aliphatic rings. The average Bonchev–Trinajstić information content (AvgIpc) is 2.73. The topological polar surface area (TPSA) is 17.1 Å². The maximum Gasteiger partial charge on any atom is 0.159 e. The minimum absolute atomic E-state index is 0.409. The van der Waals surface area contributed by atoms with E-state index in [9.17, 15) is 4.79 Å². The van der Waals surface area contributed by atoms with E-state index < -0.39 is 0 Å². The second kappa shape index (κ2) is 6.53. The van der Waals surface area contributed by atoms with Crippen molar-refractivity contribution in [2.75, 3.05) is 0 Å². The number of allylic oxidation sites excluding steroid dienone is 2. The second-order valence-electron chi connectivity index (χ2n) is 5.09. The number of benzene rings is 1. The van der Waals surface area contributed by atoms with Crippen LogP contribution in [-0.4, -0.2) is 5.78 Å². The Morgan fingerprint density at radius 3 is 2.50 bits per heavy atom. The highest BCUT2D eigenvalue weighted by Crippen LogP contribution is 2.29. The lowest BCUT2D eigenvalue weighted by Gasteiger charge is -2.06. The number of hydrogen-bond acceptors (Lipinski definition) is 1. The van der Waals surface area contributed by atoms with Gasteiger partial charge in [-0.25, -0.2) is 0 Å². The van der Waals surface area contributed by atoms with Crippen molar-refractivity contribution in [2.45, 2.75) is 51.9 Å². The zero-order chi connectivity index (χ0) is 12.8. The molecule has 1 aliphatic carbocycles. The lowest BCUT2D eigenvalue weighted by atomic mass is 9.99. The van der Waals surface area contributed by atoms with E-state index >= 15 is 0 Å². The smallest absolute Gasteiger partial charge is 0.159 e. The quantitative estimate of drug-likeness (QED) is 0.719. The fourth-order valence-electron chi connectivity index (χ4n) is 2.76. The monoisotopic (exact) mass is 242 g/mol. The molecular formula is C17H22O. The Bertz CT molecular complexity index is 428. The van der Waals surface area contributed by atoms with Crippen LogP contribution in [0.5, 0.6) is 0 Å². The third-order valence-electron chi connectivity index (χ3n) is 3.70. The van der Waals surface area contributed by atoms with Gasteiger partial charge in [0.15, 0.2) is 5.78 Å². The van der Waals surface area contributed by atoms with Crippen molar-refractivity contribution in [1.29, 1.82) is 0 Å². The highest BCUT2D eigenvalue weighted by atomic mass is 16.1. The number of carbonyl (C=O) groups is 1. The summed E-state index contributed by atoms with van der Waals surface area (Å²) in [4.78, 5) is 11.7. The standard InChI is InChI=1S/C17H22O/c1-2-7-16-15(12-13-17(16)18)11-6-10-14-8-4-3-5-9-14/h3-5,8-9H,2,6-7,10-13H2,1H3. The fraction of sp³-hybridized carbons (Fsp3) is 0.471. The molecule has 0 heterocycles. The van der Waals surface area contributed by atoms with Crippen LogP contribution in [0.2, 0.25) is 0 Å². The molecule has 0 atom stereocenters. The van der Waals surface area contributed by atoms with Crippen LogP contribution < -0.4 is 0 Å². The lowest BCUT2D eigenvalue weighted by molar-refractivity contribution is -0.115. The molecule has 0 unspecified atom stereocenters. The van der Waals surface area contributed by atoms with E-state index in [1.54, 1.807) is 0 Å². The largest absolute Gasteiger partial charge is 0.295 e. The van der Waals surface area contributed by atoms with Gasteiger partial charge in [0.05, 0.1) is 0 Å². The highest BCUT2D eigenvalue weighted by molar-refractivity contribution is 5.98. The van der Waals surface area contributed by atoms with Gasteiger partial charge < -0.3 is 0 Å². The first-order valence-corrected chi connectivity index (χ1v) is 7.09. The van der Waals surface area contributed by atoms with E-state index in [0.29, 0.717) is 5.78 Å². The van der Waals surface area contributed by atoms with Crippen molar-refractivity contribution in [3.8, 4) is 0 Å². The molecule has 1 nitrogen and oxygen atoms in total. The van der Waals surface area contributed by atoms with Crippen LogP contribution in [0.15, 0.2) is 41.5 Å². The van der Waals surface area contributed by atoms with Gasteiger partial charge in [0, 0.05) is 6.42 Å². The van der Waals surface area contributed by atoms with Gasteiger partial charge in [-0.05, 0) is 43.2 Å². The van der Waals surface area contributed by atoms with Crippen molar-refractivity contribution < 1.29 is 4.79 Å². The summed E-state index contributed by atoms with van der Waals surface area (Å²) in [6.45, 7) is 2.15. The molecule has 0 N–H and O–H groups in total. The van der Waals surface area contributed by atoms with Crippen molar-refractivity contribution in [3.63, 3.8) is 0 Å². The van der Waals surface area contributed by atoms with Gasteiger partial charge in [-0.15, -0.1) is 0 Å². The Balaban J connectivity index is 1.88. The molecular weight excluding hydrogens is 220 g/mol. The third-order valence-corrected chi connectivity index (χ3v) is 3.70.